The van der Waals surface area contributed by atoms with Crippen molar-refractivity contribution >= 4 is 29.0 Å². The maximum atomic E-state index is 12.1. The molecule has 3 aromatic carbocycles. The van der Waals surface area contributed by atoms with E-state index in [0.29, 0.717) is 22.6 Å². The summed E-state index contributed by atoms with van der Waals surface area (Å²) >= 11 is 0. The molecule has 0 N–H and O–H groups in total. The third-order valence-corrected chi connectivity index (χ3v) is 5.87. The summed E-state index contributed by atoms with van der Waals surface area (Å²) in [7, 11) is 0. The van der Waals surface area contributed by atoms with Crippen molar-refractivity contribution in [1.29, 1.82) is 0 Å². The molecule has 0 aliphatic carbocycles. The molecule has 180 valence electrons. The number of carbonyl (C=O) groups excluding carboxylic acids is 2. The van der Waals surface area contributed by atoms with Crippen LogP contribution in [0.4, 0.5) is 17.1 Å². The lowest BCUT2D eigenvalue weighted by molar-refractivity contribution is -0.131. The van der Waals surface area contributed by atoms with Gasteiger partial charge in [-0.25, -0.2) is 9.59 Å². The van der Waals surface area contributed by atoms with E-state index < -0.39 is 0 Å². The number of hydrogen-bond donors (Lipinski definition) is 0. The molecule has 0 fully saturated rings. The summed E-state index contributed by atoms with van der Waals surface area (Å²) in [5, 5.41) is 0. The molecule has 0 atom stereocenters. The van der Waals surface area contributed by atoms with Crippen molar-refractivity contribution in [1.82, 2.24) is 0 Å². The maximum Gasteiger partial charge on any atom is 0.338 e. The first kappa shape index (κ1) is 25.5. The minimum Gasteiger partial charge on any atom is -0.423 e. The van der Waals surface area contributed by atoms with Crippen molar-refractivity contribution in [3.05, 3.63) is 101 Å². The number of aryl methyl sites for hydroxylation is 2. The molecule has 0 amide bonds. The minimum absolute atomic E-state index is 0.371. The molecule has 0 unspecified atom stereocenters. The van der Waals surface area contributed by atoms with E-state index in [-0.39, 0.29) is 11.9 Å². The van der Waals surface area contributed by atoms with Crippen LogP contribution in [0.15, 0.2) is 90.0 Å². The van der Waals surface area contributed by atoms with Gasteiger partial charge in [0.25, 0.3) is 0 Å². The molecule has 0 heterocycles. The summed E-state index contributed by atoms with van der Waals surface area (Å²) in [6.45, 7) is 11.2. The van der Waals surface area contributed by atoms with Crippen LogP contribution in [0.5, 0.6) is 11.5 Å². The molecule has 0 saturated heterocycles. The molecule has 3 aromatic rings. The first-order chi connectivity index (χ1) is 16.7. The van der Waals surface area contributed by atoms with Gasteiger partial charge in [-0.2, -0.15) is 0 Å². The average molecular weight is 470 g/mol. The van der Waals surface area contributed by atoms with Crippen LogP contribution < -0.4 is 14.4 Å². The SMILES string of the molecule is CC=C(C)C(=O)Oc1ccc(N(c2ccc(OC(=O)C(C)=CC)cc2)c2ccc(C)c(C)c2)cc1. The van der Waals surface area contributed by atoms with E-state index in [1.807, 2.05) is 24.3 Å². The van der Waals surface area contributed by atoms with Gasteiger partial charge in [-0.3, -0.25) is 0 Å². The fourth-order valence-corrected chi connectivity index (χ4v) is 3.25. The lowest BCUT2D eigenvalue weighted by Crippen LogP contribution is -2.12. The van der Waals surface area contributed by atoms with Gasteiger partial charge in [-0.15, -0.1) is 0 Å². The molecule has 0 radical (unpaired) electrons. The lowest BCUT2D eigenvalue weighted by Gasteiger charge is -2.26. The van der Waals surface area contributed by atoms with Gasteiger partial charge in [0.05, 0.1) is 0 Å². The van der Waals surface area contributed by atoms with Gasteiger partial charge in [0.15, 0.2) is 0 Å². The van der Waals surface area contributed by atoms with E-state index in [1.165, 1.54) is 11.1 Å². The Hall–Kier alpha value is -4.12. The highest BCUT2D eigenvalue weighted by atomic mass is 16.5. The number of benzene rings is 3. The smallest absolute Gasteiger partial charge is 0.338 e. The quantitative estimate of drug-likeness (QED) is 0.203. The van der Waals surface area contributed by atoms with Crippen LogP contribution >= 0.6 is 0 Å². The number of ether oxygens (including phenoxy) is 2. The highest BCUT2D eigenvalue weighted by molar-refractivity contribution is 5.90. The molecule has 0 aliphatic rings. The van der Waals surface area contributed by atoms with Crippen molar-refractivity contribution < 1.29 is 19.1 Å². The predicted molar refractivity (Wildman–Crippen MR) is 141 cm³/mol. The Morgan fingerprint density at radius 3 is 1.40 bits per heavy atom. The lowest BCUT2D eigenvalue weighted by atomic mass is 10.1. The fourth-order valence-electron chi connectivity index (χ4n) is 3.25. The fraction of sp³-hybridized carbons (Fsp3) is 0.200. The molecule has 3 rings (SSSR count). The Balaban J connectivity index is 1.95. The molecule has 0 aliphatic heterocycles. The number of esters is 2. The number of carbonyl (C=O) groups is 2. The van der Waals surface area contributed by atoms with Crippen LogP contribution in [0.25, 0.3) is 0 Å². The van der Waals surface area contributed by atoms with Crippen LogP contribution in [0, 0.1) is 13.8 Å². The normalized spacial score (nSPS) is 11.7. The number of hydrogen-bond acceptors (Lipinski definition) is 5. The zero-order chi connectivity index (χ0) is 25.5. The molecule has 0 aromatic heterocycles. The monoisotopic (exact) mass is 469 g/mol. The Bertz CT molecular complexity index is 1190. The van der Waals surface area contributed by atoms with Crippen molar-refractivity contribution in [2.75, 3.05) is 4.90 Å². The number of allylic oxidation sites excluding steroid dienone is 2. The second-order valence-electron chi connectivity index (χ2n) is 8.31. The van der Waals surface area contributed by atoms with Gasteiger partial charge in [0, 0.05) is 28.2 Å². The van der Waals surface area contributed by atoms with Crippen LogP contribution in [-0.4, -0.2) is 11.9 Å². The van der Waals surface area contributed by atoms with Crippen molar-refractivity contribution in [2.24, 2.45) is 0 Å². The zero-order valence-electron chi connectivity index (χ0n) is 21.1. The highest BCUT2D eigenvalue weighted by Gasteiger charge is 2.15. The highest BCUT2D eigenvalue weighted by Crippen LogP contribution is 2.37. The number of nitrogens with zero attached hydrogens (tertiary/aromatic N) is 1. The molecule has 35 heavy (non-hydrogen) atoms. The summed E-state index contributed by atoms with van der Waals surface area (Å²) < 4.78 is 10.9. The van der Waals surface area contributed by atoms with E-state index in [9.17, 15) is 9.59 Å². The maximum absolute atomic E-state index is 12.1. The summed E-state index contributed by atoms with van der Waals surface area (Å²) in [5.74, 6) is 0.206. The van der Waals surface area contributed by atoms with Crippen molar-refractivity contribution in [3.8, 4) is 11.5 Å². The summed E-state index contributed by atoms with van der Waals surface area (Å²) in [5.41, 5.74) is 6.25. The van der Waals surface area contributed by atoms with Crippen LogP contribution in [0.1, 0.15) is 38.8 Å². The third kappa shape index (κ3) is 6.27. The van der Waals surface area contributed by atoms with Gasteiger partial charge >= 0.3 is 11.9 Å². The van der Waals surface area contributed by atoms with E-state index in [2.05, 4.69) is 36.9 Å². The van der Waals surface area contributed by atoms with Gasteiger partial charge < -0.3 is 14.4 Å². The second-order valence-corrected chi connectivity index (χ2v) is 8.31. The summed E-state index contributed by atoms with van der Waals surface area (Å²) in [4.78, 5) is 26.3. The van der Waals surface area contributed by atoms with Crippen LogP contribution in [0.2, 0.25) is 0 Å². The van der Waals surface area contributed by atoms with Crippen molar-refractivity contribution in [3.63, 3.8) is 0 Å². The summed E-state index contributed by atoms with van der Waals surface area (Å²) in [6, 6.07) is 21.0. The van der Waals surface area contributed by atoms with Crippen LogP contribution in [-0.2, 0) is 9.59 Å². The zero-order valence-corrected chi connectivity index (χ0v) is 21.1. The Labute approximate surface area is 207 Å². The Kier molecular flexibility index (Phi) is 8.26. The largest absolute Gasteiger partial charge is 0.423 e. The van der Waals surface area contributed by atoms with Gasteiger partial charge in [0.2, 0.25) is 0 Å². The van der Waals surface area contributed by atoms with E-state index in [1.54, 1.807) is 64.1 Å². The van der Waals surface area contributed by atoms with Crippen LogP contribution in [0.3, 0.4) is 0 Å². The topological polar surface area (TPSA) is 55.8 Å². The van der Waals surface area contributed by atoms with E-state index in [0.717, 1.165) is 17.1 Å². The summed E-state index contributed by atoms with van der Waals surface area (Å²) in [6.07, 6.45) is 3.44. The molecule has 0 bridgehead atoms. The first-order valence-electron chi connectivity index (χ1n) is 11.5. The van der Waals surface area contributed by atoms with Gasteiger partial charge in [-0.1, -0.05) is 18.2 Å². The minimum atomic E-state index is -0.371. The standard InChI is InChI=1S/C30H31NO4/c1-7-20(3)29(32)34-27-15-11-24(12-16-27)31(26-10-9-22(5)23(6)19-26)25-13-17-28(18-14-25)35-30(33)21(4)8-2/h7-19H,1-6H3. The van der Waals surface area contributed by atoms with Gasteiger partial charge in [0.1, 0.15) is 11.5 Å². The van der Waals surface area contributed by atoms with Crippen molar-refractivity contribution in [2.45, 2.75) is 41.5 Å². The third-order valence-electron chi connectivity index (χ3n) is 5.87. The Morgan fingerprint density at radius 2 is 1.03 bits per heavy atom. The molecular formula is C30H31NO4. The second kappa shape index (κ2) is 11.3. The molecule has 0 saturated carbocycles. The van der Waals surface area contributed by atoms with E-state index >= 15 is 0 Å². The molecule has 0 spiro atoms. The number of anilines is 3. The molecule has 5 nitrogen and oxygen atoms in total. The predicted octanol–water partition coefficient (Wildman–Crippen LogP) is 7.52. The first-order valence-corrected chi connectivity index (χ1v) is 11.5. The average Bonchev–Trinajstić information content (AvgIpc) is 2.87. The van der Waals surface area contributed by atoms with Gasteiger partial charge in [-0.05, 0) is 113 Å². The molecule has 5 heteroatoms. The van der Waals surface area contributed by atoms with E-state index in [4.69, 9.17) is 9.47 Å². The number of rotatable bonds is 7. The molecular weight excluding hydrogens is 438 g/mol. The Morgan fingerprint density at radius 1 is 0.629 bits per heavy atom.